The van der Waals surface area contributed by atoms with Crippen molar-refractivity contribution in [3.8, 4) is 0 Å². The minimum atomic E-state index is 0.0970. The van der Waals surface area contributed by atoms with Crippen LogP contribution in [-0.2, 0) is 0 Å². The van der Waals surface area contributed by atoms with Crippen molar-refractivity contribution in [3.05, 3.63) is 34.0 Å². The van der Waals surface area contributed by atoms with Crippen molar-refractivity contribution in [2.75, 3.05) is 13.1 Å². The monoisotopic (exact) mass is 378 g/mol. The third kappa shape index (κ3) is 3.29. The van der Waals surface area contributed by atoms with Gasteiger partial charge in [-0.05, 0) is 70.0 Å². The molecule has 2 aromatic rings. The summed E-state index contributed by atoms with van der Waals surface area (Å²) in [4.78, 5) is 17.3. The molecule has 0 aromatic carbocycles. The number of amides is 1. The molecule has 0 spiro atoms. The molecule has 0 saturated carbocycles. The van der Waals surface area contributed by atoms with Crippen LogP contribution in [0, 0.1) is 12.8 Å². The number of nitrogens with one attached hydrogen (secondary N) is 1. The molecule has 5 rings (SSSR count). The molecular weight excluding hydrogens is 356 g/mol. The maximum atomic E-state index is 12.7. The summed E-state index contributed by atoms with van der Waals surface area (Å²) in [5, 5.41) is 3.32. The van der Waals surface area contributed by atoms with Crippen LogP contribution in [0.25, 0.3) is 0 Å². The number of carbonyl (C=O) groups excluding carboxylic acids is 1. The van der Waals surface area contributed by atoms with Crippen LogP contribution >= 0.6 is 34.4 Å². The van der Waals surface area contributed by atoms with E-state index in [0.29, 0.717) is 18.0 Å². The Morgan fingerprint density at radius 1 is 1.17 bits per heavy atom. The summed E-state index contributed by atoms with van der Waals surface area (Å²) in [6, 6.07) is 9.10. The first-order valence-corrected chi connectivity index (χ1v) is 10.9. The molecule has 0 radical (unpaired) electrons. The largest absolute Gasteiger partial charge is 0.347 e. The van der Waals surface area contributed by atoms with E-state index in [2.05, 4.69) is 42.3 Å². The van der Waals surface area contributed by atoms with Crippen molar-refractivity contribution >= 4 is 40.3 Å². The summed E-state index contributed by atoms with van der Waals surface area (Å²) < 4.78 is 2.47. The first kappa shape index (κ1) is 16.6. The number of rotatable bonds is 4. The molecule has 3 aliphatic rings. The number of carbonyl (C=O) groups is 1. The van der Waals surface area contributed by atoms with Crippen molar-refractivity contribution < 1.29 is 4.79 Å². The summed E-state index contributed by atoms with van der Waals surface area (Å²) in [6.45, 7) is 6.76. The predicted molar refractivity (Wildman–Crippen MR) is 103 cm³/mol. The van der Waals surface area contributed by atoms with Gasteiger partial charge in [-0.15, -0.1) is 22.7 Å². The Morgan fingerprint density at radius 2 is 1.88 bits per heavy atom. The van der Waals surface area contributed by atoms with Crippen LogP contribution in [0.1, 0.15) is 34.3 Å². The lowest BCUT2D eigenvalue weighted by molar-refractivity contribution is 0.0218. The van der Waals surface area contributed by atoms with Gasteiger partial charge in [0.15, 0.2) is 0 Å². The van der Waals surface area contributed by atoms with Gasteiger partial charge in [-0.2, -0.15) is 0 Å². The Balaban J connectivity index is 1.41. The molecule has 2 atom stereocenters. The van der Waals surface area contributed by atoms with Crippen molar-refractivity contribution in [3.63, 3.8) is 0 Å². The normalized spacial score (nSPS) is 28.9. The maximum absolute atomic E-state index is 12.7. The van der Waals surface area contributed by atoms with E-state index in [1.165, 1.54) is 39.2 Å². The molecule has 1 amide bonds. The second-order valence-electron chi connectivity index (χ2n) is 6.70. The second kappa shape index (κ2) is 6.83. The van der Waals surface area contributed by atoms with Gasteiger partial charge in [0.1, 0.15) is 0 Å². The summed E-state index contributed by atoms with van der Waals surface area (Å²) in [6.07, 6.45) is 2.44. The van der Waals surface area contributed by atoms with Gasteiger partial charge in [0.25, 0.3) is 5.91 Å². The molecule has 5 heterocycles. The number of hydrogen-bond donors (Lipinski definition) is 1. The zero-order valence-electron chi connectivity index (χ0n) is 14.0. The van der Waals surface area contributed by atoms with Gasteiger partial charge in [-0.1, -0.05) is 11.8 Å². The third-order valence-corrected chi connectivity index (χ3v) is 8.55. The lowest BCUT2D eigenvalue weighted by Crippen LogP contribution is -2.62. The van der Waals surface area contributed by atoms with Crippen molar-refractivity contribution in [2.45, 2.75) is 47.2 Å². The number of nitrogens with zero attached hydrogens (tertiary/aromatic N) is 1. The molecule has 3 nitrogen and oxygen atoms in total. The molecule has 3 aliphatic heterocycles. The summed E-state index contributed by atoms with van der Waals surface area (Å²) in [5.41, 5.74) is 0. The molecule has 2 aromatic heterocycles. The van der Waals surface area contributed by atoms with Gasteiger partial charge in [0.05, 0.1) is 13.3 Å². The van der Waals surface area contributed by atoms with Crippen LogP contribution in [0.5, 0.6) is 0 Å². The summed E-state index contributed by atoms with van der Waals surface area (Å²) >= 11 is 5.15. The minimum absolute atomic E-state index is 0.0970. The maximum Gasteiger partial charge on any atom is 0.261 e. The van der Waals surface area contributed by atoms with Gasteiger partial charge >= 0.3 is 0 Å². The molecule has 128 valence electrons. The topological polar surface area (TPSA) is 32.3 Å². The number of piperidine rings is 3. The molecule has 0 unspecified atom stereocenters. The Bertz CT molecular complexity index is 728. The number of aryl methyl sites for hydroxylation is 1. The fraction of sp³-hybridized carbons (Fsp3) is 0.500. The third-order valence-electron chi connectivity index (χ3n) is 5.20. The minimum Gasteiger partial charge on any atom is -0.347 e. The van der Waals surface area contributed by atoms with Gasteiger partial charge in [0, 0.05) is 17.0 Å². The molecule has 1 N–H and O–H groups in total. The highest BCUT2D eigenvalue weighted by atomic mass is 32.2. The van der Waals surface area contributed by atoms with Crippen molar-refractivity contribution in [1.82, 2.24) is 10.2 Å². The Morgan fingerprint density at radius 3 is 2.54 bits per heavy atom. The van der Waals surface area contributed by atoms with E-state index in [-0.39, 0.29) is 5.91 Å². The standard InChI is InChI=1S/C18H22N2OS3/c1-11-3-5-15(22-11)24-16-6-4-14(23-16)18(21)19-17-12(2)20-9-7-13(17)8-10-20/h3-6,12-13,17H,7-10H2,1-2H3,(H,19,21)/t12-,17-/m0/s1. The molecule has 3 saturated heterocycles. The lowest BCUT2D eigenvalue weighted by atomic mass is 9.79. The first-order valence-electron chi connectivity index (χ1n) is 8.49. The molecule has 6 heteroatoms. The van der Waals surface area contributed by atoms with Gasteiger partial charge in [0.2, 0.25) is 0 Å². The average molecular weight is 379 g/mol. The van der Waals surface area contributed by atoms with E-state index in [0.717, 1.165) is 4.88 Å². The Hall–Kier alpha value is -0.820. The molecular formula is C18H22N2OS3. The number of hydrogen-bond acceptors (Lipinski definition) is 5. The second-order valence-corrected chi connectivity index (χ2v) is 10.7. The van der Waals surface area contributed by atoms with E-state index in [1.54, 1.807) is 34.4 Å². The predicted octanol–water partition coefficient (Wildman–Crippen LogP) is 4.48. The lowest BCUT2D eigenvalue weighted by Gasteiger charge is -2.49. The summed E-state index contributed by atoms with van der Waals surface area (Å²) in [5.74, 6) is 0.747. The van der Waals surface area contributed by atoms with Crippen LogP contribution in [0.4, 0.5) is 0 Å². The quantitative estimate of drug-likeness (QED) is 0.851. The van der Waals surface area contributed by atoms with Gasteiger partial charge in [-0.3, -0.25) is 9.69 Å². The van der Waals surface area contributed by atoms with E-state index < -0.39 is 0 Å². The highest BCUT2D eigenvalue weighted by Crippen LogP contribution is 2.37. The zero-order chi connectivity index (χ0) is 16.7. The Kier molecular flexibility index (Phi) is 4.73. The van der Waals surface area contributed by atoms with E-state index >= 15 is 0 Å². The molecule has 0 aliphatic carbocycles. The van der Waals surface area contributed by atoms with E-state index in [9.17, 15) is 4.79 Å². The van der Waals surface area contributed by atoms with Crippen molar-refractivity contribution in [1.29, 1.82) is 0 Å². The fourth-order valence-electron chi connectivity index (χ4n) is 3.83. The van der Waals surface area contributed by atoms with Crippen LogP contribution < -0.4 is 5.32 Å². The van der Waals surface area contributed by atoms with Gasteiger partial charge < -0.3 is 5.32 Å². The van der Waals surface area contributed by atoms with Gasteiger partial charge in [-0.25, -0.2) is 0 Å². The SMILES string of the molecule is Cc1ccc(Sc2ccc(C(=O)N[C@@H]3C4CCN(CC4)[C@H]3C)s2)s1. The van der Waals surface area contributed by atoms with E-state index in [4.69, 9.17) is 0 Å². The first-order chi connectivity index (χ1) is 11.6. The molecule has 2 bridgehead atoms. The summed E-state index contributed by atoms with van der Waals surface area (Å²) in [7, 11) is 0. The highest BCUT2D eigenvalue weighted by molar-refractivity contribution is 8.02. The molecule has 3 fully saturated rings. The zero-order valence-corrected chi connectivity index (χ0v) is 16.4. The number of fused-ring (bicyclic) bond motifs is 3. The number of thiophene rings is 2. The van der Waals surface area contributed by atoms with Crippen LogP contribution in [0.15, 0.2) is 32.7 Å². The fourth-order valence-corrected chi connectivity index (χ4v) is 7.23. The van der Waals surface area contributed by atoms with Crippen molar-refractivity contribution in [2.24, 2.45) is 5.92 Å². The average Bonchev–Trinajstić information content (AvgIpc) is 3.21. The van der Waals surface area contributed by atoms with E-state index in [1.807, 2.05) is 6.07 Å². The highest BCUT2D eigenvalue weighted by Gasteiger charge is 2.40. The van der Waals surface area contributed by atoms with Crippen LogP contribution in [-0.4, -0.2) is 36.0 Å². The van der Waals surface area contributed by atoms with Crippen LogP contribution in [0.2, 0.25) is 0 Å². The molecule has 24 heavy (non-hydrogen) atoms. The smallest absolute Gasteiger partial charge is 0.261 e. The van der Waals surface area contributed by atoms with Crippen LogP contribution in [0.3, 0.4) is 0 Å². The Labute approximate surface area is 155 Å².